The number of fused-ring (bicyclic) bond motifs is 5. The number of nitrogens with zero attached hydrogens (tertiary/aromatic N) is 5. The number of hydrogen-bond donors (Lipinski definition) is 0. The van der Waals surface area contributed by atoms with E-state index in [4.69, 9.17) is 14.4 Å². The minimum absolute atomic E-state index is 0. The van der Waals surface area contributed by atoms with E-state index in [0.717, 1.165) is 83.7 Å². The summed E-state index contributed by atoms with van der Waals surface area (Å²) in [5.41, 5.74) is 21.7. The topological polar surface area (TPSA) is 61.8 Å². The van der Waals surface area contributed by atoms with Crippen molar-refractivity contribution in [1.29, 1.82) is 0 Å². The predicted octanol–water partition coefficient (Wildman–Crippen LogP) is 16.1. The van der Waals surface area contributed by atoms with Crippen LogP contribution in [0.25, 0.3) is 100 Å². The van der Waals surface area contributed by atoms with E-state index in [1.807, 2.05) is 38.1 Å². The van der Waals surface area contributed by atoms with Crippen molar-refractivity contribution in [3.8, 4) is 56.4 Å². The molecule has 4 heterocycles. The number of aromatic nitrogens is 5. The summed E-state index contributed by atoms with van der Waals surface area (Å²) in [7, 11) is 0. The summed E-state index contributed by atoms with van der Waals surface area (Å²) < 4.78 is 11.3. The molecular weight excluding hydrogens is 1060 g/mol. The van der Waals surface area contributed by atoms with Crippen LogP contribution in [0, 0.1) is 39.8 Å². The van der Waals surface area contributed by atoms with Crippen molar-refractivity contribution in [2.45, 2.75) is 67.2 Å². The number of furan rings is 1. The normalized spacial score (nSPS) is 11.5. The molecular formula is C65H55IrN5O+. The summed E-state index contributed by atoms with van der Waals surface area (Å²) in [6.45, 7) is 17.4. The van der Waals surface area contributed by atoms with Gasteiger partial charge in [-0.3, -0.25) is 9.97 Å². The molecule has 0 radical (unpaired) electrons. The maximum Gasteiger partial charge on any atom is 3.00 e. The Labute approximate surface area is 435 Å². The average molecular weight is 1110 g/mol. The maximum atomic E-state index is 6.73. The number of pyridine rings is 1. The number of para-hydroxylation sites is 5. The van der Waals surface area contributed by atoms with E-state index >= 15 is 0 Å². The van der Waals surface area contributed by atoms with Crippen LogP contribution in [0.5, 0.6) is 0 Å². The third-order valence-corrected chi connectivity index (χ3v) is 13.6. The summed E-state index contributed by atoms with van der Waals surface area (Å²) in [6.07, 6.45) is 0. The molecule has 0 saturated heterocycles. The zero-order valence-corrected chi connectivity index (χ0v) is 44.3. The smallest absolute Gasteiger partial charge is 0.501 e. The molecule has 0 unspecified atom stereocenters. The molecule has 6 nitrogen and oxygen atoms in total. The van der Waals surface area contributed by atoms with Gasteiger partial charge in [-0.1, -0.05) is 173 Å². The van der Waals surface area contributed by atoms with Gasteiger partial charge >= 0.3 is 20.1 Å². The molecule has 0 aliphatic rings. The van der Waals surface area contributed by atoms with Crippen LogP contribution >= 0.6 is 0 Å². The number of benzene rings is 8. The van der Waals surface area contributed by atoms with Crippen LogP contribution in [0.2, 0.25) is 0 Å². The molecule has 0 saturated carbocycles. The second-order valence-corrected chi connectivity index (χ2v) is 19.2. The van der Waals surface area contributed by atoms with Gasteiger partial charge in [0.05, 0.1) is 39.3 Å². The summed E-state index contributed by atoms with van der Waals surface area (Å²) in [5, 5.41) is 2.15. The van der Waals surface area contributed by atoms with E-state index in [1.165, 1.54) is 50.3 Å². The third kappa shape index (κ3) is 8.67. The summed E-state index contributed by atoms with van der Waals surface area (Å²) in [4.78, 5) is 14.8. The molecule has 0 bridgehead atoms. The molecule has 354 valence electrons. The zero-order valence-electron chi connectivity index (χ0n) is 41.9. The molecule has 7 heteroatoms. The Balaban J connectivity index is 0.000000194. The largest absolute Gasteiger partial charge is 3.00 e. The van der Waals surface area contributed by atoms with Gasteiger partial charge in [0.2, 0.25) is 0 Å². The second-order valence-electron chi connectivity index (χ2n) is 19.2. The minimum atomic E-state index is 0. The Morgan fingerprint density at radius 1 is 0.583 bits per heavy atom. The van der Waals surface area contributed by atoms with Crippen LogP contribution < -0.4 is 9.55 Å². The Bertz CT molecular complexity index is 3890. The Kier molecular flexibility index (Phi) is 13.2. The van der Waals surface area contributed by atoms with E-state index in [0.29, 0.717) is 0 Å². The number of rotatable bonds is 8. The molecule has 0 amide bonds. The molecule has 0 N–H and O–H groups in total. The molecule has 0 aliphatic heterocycles. The minimum Gasteiger partial charge on any atom is -0.501 e. The first kappa shape index (κ1) is 48.0. The van der Waals surface area contributed by atoms with E-state index in [2.05, 4.69) is 219 Å². The van der Waals surface area contributed by atoms with Gasteiger partial charge in [-0.2, -0.15) is 0 Å². The number of aryl methyl sites for hydroxylation is 4. The standard InChI is InChI=1S/C43H35N2O.C22H20N3.Ir/c1-27(2)36-24-32(30-16-9-6-10-17-30)25-37(28(3)4)41(36)45-39-21-12-11-20-38(39)44-43(45)35-19-13-18-34-33-23-22-31(26-40(33)46-42(34)35)29-14-7-5-8-15-29;1-14-8-7-9-15(2)21(14)25-20-11-6-5-10-19(20)24-22(25)18-13-12-16(3)23-17(18)4;/h5-18,20-28H,1-4H3;5-12H,1-4H3;/q2*-1;+3. The maximum absolute atomic E-state index is 6.73. The van der Waals surface area contributed by atoms with Gasteiger partial charge in [0.25, 0.3) is 0 Å². The van der Waals surface area contributed by atoms with Crippen molar-refractivity contribution in [1.82, 2.24) is 19.5 Å². The van der Waals surface area contributed by atoms with E-state index < -0.39 is 0 Å². The fraction of sp³-hybridized carbons (Fsp3) is 0.154. The number of hydrogen-bond acceptors (Lipinski definition) is 3. The van der Waals surface area contributed by atoms with Crippen LogP contribution in [0.15, 0.2) is 180 Å². The van der Waals surface area contributed by atoms with E-state index in [-0.39, 0.29) is 31.9 Å². The predicted molar refractivity (Wildman–Crippen MR) is 291 cm³/mol. The van der Waals surface area contributed by atoms with Gasteiger partial charge in [0.1, 0.15) is 5.58 Å². The molecule has 0 atom stereocenters. The molecule has 4 aromatic heterocycles. The van der Waals surface area contributed by atoms with Crippen LogP contribution in [-0.2, 0) is 20.1 Å². The summed E-state index contributed by atoms with van der Waals surface area (Å²) in [6, 6.07) is 68.4. The van der Waals surface area contributed by atoms with Crippen LogP contribution in [-0.4, -0.2) is 14.5 Å². The molecule has 72 heavy (non-hydrogen) atoms. The van der Waals surface area contributed by atoms with Crippen molar-refractivity contribution in [3.63, 3.8) is 0 Å². The average Bonchev–Trinajstić information content (AvgIpc) is 4.08. The van der Waals surface area contributed by atoms with Gasteiger partial charge in [-0.05, 0) is 124 Å². The summed E-state index contributed by atoms with van der Waals surface area (Å²) >= 11 is 0. The molecule has 0 aliphatic carbocycles. The zero-order chi connectivity index (χ0) is 48.9. The Morgan fingerprint density at radius 2 is 1.22 bits per heavy atom. The summed E-state index contributed by atoms with van der Waals surface area (Å²) in [5.74, 6) is 2.30. The van der Waals surface area contributed by atoms with Crippen molar-refractivity contribution in [3.05, 3.63) is 222 Å². The Morgan fingerprint density at radius 3 is 1.90 bits per heavy atom. The SMILES string of the molecule is CC(C)c1cc(-c2ccccc2)cc(C(C)C)c1-n1c(-c2[c-]ccc3c2oc2cc(-c4ccccc4)ccc23)nc2ccccc21.Cc1c[c-]c(-c2[n-]c3ccccc3[n+]2-c2c(C)cccc2C)c(C)n1.[Ir+3]. The first-order valence-electron chi connectivity index (χ1n) is 24.6. The number of imidazole rings is 2. The van der Waals surface area contributed by atoms with Crippen molar-refractivity contribution in [2.24, 2.45) is 0 Å². The van der Waals surface area contributed by atoms with E-state index in [9.17, 15) is 0 Å². The van der Waals surface area contributed by atoms with Crippen LogP contribution in [0.1, 0.15) is 73.2 Å². The second kappa shape index (κ2) is 19.8. The van der Waals surface area contributed by atoms with Gasteiger partial charge < -0.3 is 18.5 Å². The third-order valence-electron chi connectivity index (χ3n) is 13.6. The van der Waals surface area contributed by atoms with Crippen LogP contribution in [0.4, 0.5) is 0 Å². The van der Waals surface area contributed by atoms with Gasteiger partial charge in [0, 0.05) is 16.8 Å². The first-order valence-corrected chi connectivity index (χ1v) is 24.6. The van der Waals surface area contributed by atoms with Crippen molar-refractivity contribution in [2.75, 3.05) is 0 Å². The van der Waals surface area contributed by atoms with Crippen molar-refractivity contribution >= 4 is 44.0 Å². The van der Waals surface area contributed by atoms with E-state index in [1.54, 1.807) is 0 Å². The first-order chi connectivity index (χ1) is 34.5. The van der Waals surface area contributed by atoms with Gasteiger partial charge in [-0.25, -0.2) is 0 Å². The monoisotopic (exact) mass is 1110 g/mol. The Hall–Kier alpha value is -7.70. The quantitative estimate of drug-likeness (QED) is 0.112. The van der Waals surface area contributed by atoms with Crippen molar-refractivity contribution < 1.29 is 29.1 Å². The molecule has 12 aromatic rings. The van der Waals surface area contributed by atoms with Gasteiger partial charge in [0.15, 0.2) is 0 Å². The fourth-order valence-electron chi connectivity index (χ4n) is 10.2. The molecule has 0 fully saturated rings. The van der Waals surface area contributed by atoms with Crippen LogP contribution in [0.3, 0.4) is 0 Å². The van der Waals surface area contributed by atoms with Gasteiger partial charge in [-0.15, -0.1) is 30.3 Å². The molecule has 0 spiro atoms. The fourth-order valence-corrected chi connectivity index (χ4v) is 10.2. The molecule has 8 aromatic carbocycles. The molecule has 12 rings (SSSR count).